The average molecular weight is 347 g/mol. The fourth-order valence-electron chi connectivity index (χ4n) is 4.41. The second-order valence-electron chi connectivity index (χ2n) is 7.65. The number of hydrogen-bond donors (Lipinski definition) is 0. The van der Waals surface area contributed by atoms with Crippen molar-refractivity contribution in [1.82, 2.24) is 4.90 Å². The molecule has 1 aliphatic carbocycles. The van der Waals surface area contributed by atoms with Crippen LogP contribution in [0, 0.1) is 17.7 Å². The van der Waals surface area contributed by atoms with E-state index in [1.54, 1.807) is 0 Å². The molecule has 1 saturated heterocycles. The summed E-state index contributed by atoms with van der Waals surface area (Å²) < 4.78 is 18.3. The molecule has 138 valence electrons. The molecule has 3 rings (SSSR count). The maximum Gasteiger partial charge on any atom is 0.314 e. The van der Waals surface area contributed by atoms with Gasteiger partial charge in [-0.1, -0.05) is 19.8 Å². The molecule has 1 aromatic rings. The highest BCUT2D eigenvalue weighted by Gasteiger charge is 2.31. The Kier molecular flexibility index (Phi) is 6.46. The van der Waals surface area contributed by atoms with Crippen molar-refractivity contribution in [2.24, 2.45) is 11.8 Å². The van der Waals surface area contributed by atoms with Crippen LogP contribution in [0.5, 0.6) is 5.75 Å². The molecule has 0 atom stereocenters. The van der Waals surface area contributed by atoms with Gasteiger partial charge < -0.3 is 9.64 Å². The summed E-state index contributed by atoms with van der Waals surface area (Å²) in [4.78, 5) is 14.9. The molecule has 3 nitrogen and oxygen atoms in total. The molecule has 4 heteroatoms. The molecule has 25 heavy (non-hydrogen) atoms. The predicted molar refractivity (Wildman–Crippen MR) is 97.0 cm³/mol. The number of hydrogen-bond acceptors (Lipinski definition) is 3. The van der Waals surface area contributed by atoms with Crippen molar-refractivity contribution < 1.29 is 13.9 Å². The highest BCUT2D eigenvalue weighted by molar-refractivity contribution is 5.75. The van der Waals surface area contributed by atoms with E-state index in [1.807, 2.05) is 0 Å². The van der Waals surface area contributed by atoms with Gasteiger partial charge in [-0.25, -0.2) is 4.39 Å². The first-order valence-electron chi connectivity index (χ1n) is 9.87. The van der Waals surface area contributed by atoms with E-state index >= 15 is 0 Å². The minimum atomic E-state index is -0.318. The van der Waals surface area contributed by atoms with Gasteiger partial charge in [-0.05, 0) is 81.8 Å². The van der Waals surface area contributed by atoms with E-state index in [2.05, 4.69) is 11.8 Å². The van der Waals surface area contributed by atoms with E-state index in [-0.39, 0.29) is 17.7 Å². The number of rotatable bonds is 5. The summed E-state index contributed by atoms with van der Waals surface area (Å²) in [6, 6.07) is 6.37. The summed E-state index contributed by atoms with van der Waals surface area (Å²) in [6.07, 6.45) is 9.78. The molecule has 0 bridgehead atoms. The van der Waals surface area contributed by atoms with Gasteiger partial charge in [-0.3, -0.25) is 4.79 Å². The lowest BCUT2D eigenvalue weighted by molar-refractivity contribution is -0.140. The molecular formula is C21H30FNO2. The predicted octanol–water partition coefficient (Wildman–Crippen LogP) is 4.80. The fourth-order valence-corrected chi connectivity index (χ4v) is 4.41. The Hall–Kier alpha value is -1.42. The van der Waals surface area contributed by atoms with Gasteiger partial charge in [0.15, 0.2) is 0 Å². The number of benzene rings is 1. The van der Waals surface area contributed by atoms with Crippen LogP contribution in [-0.2, 0) is 4.79 Å². The standard InChI is InChI=1S/C21H30FNO2/c1-2-3-16-4-8-19(9-5-16)23-14-12-17(13-15-23)21(24)25-20-10-6-18(22)7-11-20/h6-7,10-11,16-17,19H,2-5,8-9,12-15H2,1H3/t16-,19-. The smallest absolute Gasteiger partial charge is 0.314 e. The highest BCUT2D eigenvalue weighted by atomic mass is 19.1. The van der Waals surface area contributed by atoms with E-state index in [1.165, 1.54) is 62.8 Å². The summed E-state index contributed by atoms with van der Waals surface area (Å²) in [5.41, 5.74) is 0. The second kappa shape index (κ2) is 8.79. The maximum atomic E-state index is 12.9. The van der Waals surface area contributed by atoms with Crippen LogP contribution in [0.15, 0.2) is 24.3 Å². The average Bonchev–Trinajstić information content (AvgIpc) is 2.65. The number of likely N-dealkylation sites (tertiary alicyclic amines) is 1. The summed E-state index contributed by atoms with van der Waals surface area (Å²) in [6.45, 7) is 4.26. The Bertz CT molecular complexity index is 544. The first-order chi connectivity index (χ1) is 12.2. The van der Waals surface area contributed by atoms with Gasteiger partial charge in [0.25, 0.3) is 0 Å². The summed E-state index contributed by atoms with van der Waals surface area (Å²) in [7, 11) is 0. The minimum absolute atomic E-state index is 0.0299. The topological polar surface area (TPSA) is 29.5 Å². The van der Waals surface area contributed by atoms with E-state index in [9.17, 15) is 9.18 Å². The number of esters is 1. The minimum Gasteiger partial charge on any atom is -0.426 e. The first-order valence-corrected chi connectivity index (χ1v) is 9.87. The van der Waals surface area contributed by atoms with Crippen molar-refractivity contribution in [1.29, 1.82) is 0 Å². The Morgan fingerprint density at radius 3 is 2.32 bits per heavy atom. The lowest BCUT2D eigenvalue weighted by Crippen LogP contribution is -2.44. The van der Waals surface area contributed by atoms with Gasteiger partial charge in [-0.15, -0.1) is 0 Å². The third-order valence-electron chi connectivity index (χ3n) is 5.92. The zero-order chi connectivity index (χ0) is 17.6. The largest absolute Gasteiger partial charge is 0.426 e. The van der Waals surface area contributed by atoms with Crippen LogP contribution in [0.3, 0.4) is 0 Å². The number of nitrogens with zero attached hydrogens (tertiary/aromatic N) is 1. The summed E-state index contributed by atoms with van der Waals surface area (Å²) >= 11 is 0. The molecule has 2 aliphatic rings. The third-order valence-corrected chi connectivity index (χ3v) is 5.92. The molecule has 1 heterocycles. The second-order valence-corrected chi connectivity index (χ2v) is 7.65. The van der Waals surface area contributed by atoms with Crippen molar-refractivity contribution in [3.63, 3.8) is 0 Å². The van der Waals surface area contributed by atoms with Gasteiger partial charge >= 0.3 is 5.97 Å². The molecular weight excluding hydrogens is 317 g/mol. The number of halogens is 1. The van der Waals surface area contributed by atoms with E-state index < -0.39 is 0 Å². The quantitative estimate of drug-likeness (QED) is 0.566. The molecule has 1 saturated carbocycles. The normalized spacial score (nSPS) is 25.7. The van der Waals surface area contributed by atoms with Gasteiger partial charge in [0.2, 0.25) is 0 Å². The first kappa shape index (κ1) is 18.4. The molecule has 2 fully saturated rings. The lowest BCUT2D eigenvalue weighted by atomic mass is 9.82. The van der Waals surface area contributed by atoms with Crippen molar-refractivity contribution in [3.8, 4) is 5.75 Å². The van der Waals surface area contributed by atoms with Crippen molar-refractivity contribution in [2.45, 2.75) is 64.3 Å². The zero-order valence-electron chi connectivity index (χ0n) is 15.3. The monoisotopic (exact) mass is 347 g/mol. The molecule has 1 aromatic carbocycles. The van der Waals surface area contributed by atoms with Crippen LogP contribution < -0.4 is 4.74 Å². The number of carbonyl (C=O) groups is 1. The van der Waals surface area contributed by atoms with Crippen LogP contribution >= 0.6 is 0 Å². The van der Waals surface area contributed by atoms with Crippen molar-refractivity contribution >= 4 is 5.97 Å². The van der Waals surface area contributed by atoms with Crippen LogP contribution in [-0.4, -0.2) is 30.0 Å². The molecule has 0 spiro atoms. The van der Waals surface area contributed by atoms with E-state index in [0.717, 1.165) is 31.8 Å². The maximum absolute atomic E-state index is 12.9. The summed E-state index contributed by atoms with van der Waals surface area (Å²) in [5, 5.41) is 0. The van der Waals surface area contributed by atoms with Gasteiger partial charge in [-0.2, -0.15) is 0 Å². The zero-order valence-corrected chi connectivity index (χ0v) is 15.3. The van der Waals surface area contributed by atoms with E-state index in [0.29, 0.717) is 11.8 Å². The molecule has 0 amide bonds. The van der Waals surface area contributed by atoms with Crippen molar-refractivity contribution in [3.05, 3.63) is 30.1 Å². The van der Waals surface area contributed by atoms with Gasteiger partial charge in [0, 0.05) is 6.04 Å². The molecule has 0 aromatic heterocycles. The van der Waals surface area contributed by atoms with Crippen LogP contribution in [0.1, 0.15) is 58.3 Å². The third kappa shape index (κ3) is 5.04. The Morgan fingerprint density at radius 2 is 1.72 bits per heavy atom. The molecule has 0 unspecified atom stereocenters. The highest BCUT2D eigenvalue weighted by Crippen LogP contribution is 2.32. The van der Waals surface area contributed by atoms with Gasteiger partial charge in [0.1, 0.15) is 11.6 Å². The Balaban J connectivity index is 1.42. The SMILES string of the molecule is CCC[C@H]1CC[C@H](N2CCC(C(=O)Oc3ccc(F)cc3)CC2)CC1. The fraction of sp³-hybridized carbons (Fsp3) is 0.667. The van der Waals surface area contributed by atoms with E-state index in [4.69, 9.17) is 4.74 Å². The van der Waals surface area contributed by atoms with Crippen LogP contribution in [0.25, 0.3) is 0 Å². The Morgan fingerprint density at radius 1 is 1.08 bits per heavy atom. The van der Waals surface area contributed by atoms with Crippen LogP contribution in [0.2, 0.25) is 0 Å². The number of carbonyl (C=O) groups excluding carboxylic acids is 1. The molecule has 0 N–H and O–H groups in total. The van der Waals surface area contributed by atoms with Crippen LogP contribution in [0.4, 0.5) is 4.39 Å². The molecule has 0 radical (unpaired) electrons. The Labute approximate surface area is 150 Å². The van der Waals surface area contributed by atoms with Gasteiger partial charge in [0.05, 0.1) is 5.92 Å². The number of ether oxygens (including phenoxy) is 1. The van der Waals surface area contributed by atoms with Crippen molar-refractivity contribution in [2.75, 3.05) is 13.1 Å². The summed E-state index contributed by atoms with van der Waals surface area (Å²) in [5.74, 6) is 0.852. The number of piperidine rings is 1. The lowest BCUT2D eigenvalue weighted by Gasteiger charge is -2.40. The molecule has 1 aliphatic heterocycles.